The van der Waals surface area contributed by atoms with Crippen LogP contribution in [0.3, 0.4) is 0 Å². The van der Waals surface area contributed by atoms with E-state index < -0.39 is 18.0 Å². The van der Waals surface area contributed by atoms with Gasteiger partial charge in [0.25, 0.3) is 0 Å². The second-order valence-corrected chi connectivity index (χ2v) is 3.38. The van der Waals surface area contributed by atoms with E-state index in [1.54, 1.807) is 13.0 Å². The van der Waals surface area contributed by atoms with Gasteiger partial charge in [0.2, 0.25) is 0 Å². The smallest absolute Gasteiger partial charge is 0.142 e. The van der Waals surface area contributed by atoms with Crippen molar-refractivity contribution in [2.75, 3.05) is 0 Å². The monoisotopic (exact) mass is 203 g/mol. The van der Waals surface area contributed by atoms with Crippen molar-refractivity contribution in [3.05, 3.63) is 34.6 Å². The highest BCUT2D eigenvalue weighted by Crippen LogP contribution is 2.21. The Morgan fingerprint density at radius 1 is 1.54 bits per heavy atom. The van der Waals surface area contributed by atoms with Gasteiger partial charge >= 0.3 is 0 Å². The summed E-state index contributed by atoms with van der Waals surface area (Å²) in [6, 6.07) is 3.72. The maximum Gasteiger partial charge on any atom is 0.142 e. The molecule has 1 rings (SSSR count). The van der Waals surface area contributed by atoms with Crippen LogP contribution in [0, 0.1) is 5.82 Å². The van der Waals surface area contributed by atoms with Crippen LogP contribution in [0.2, 0.25) is 5.02 Å². The van der Waals surface area contributed by atoms with Crippen LogP contribution < -0.4 is 5.73 Å². The number of rotatable bonds is 2. The minimum atomic E-state index is -0.855. The maximum absolute atomic E-state index is 12.9. The molecule has 0 radical (unpaired) electrons. The number of nitrogens with two attached hydrogens (primary N) is 1. The van der Waals surface area contributed by atoms with Gasteiger partial charge in [0.1, 0.15) is 5.82 Å². The summed E-state index contributed by atoms with van der Waals surface area (Å²) in [5.74, 6) is -0.543. The van der Waals surface area contributed by atoms with Gasteiger partial charge in [0.05, 0.1) is 11.1 Å². The van der Waals surface area contributed by atoms with E-state index in [1.807, 2.05) is 0 Å². The van der Waals surface area contributed by atoms with Crippen molar-refractivity contribution < 1.29 is 9.50 Å². The van der Waals surface area contributed by atoms with Crippen LogP contribution in [-0.4, -0.2) is 11.1 Å². The fourth-order valence-corrected chi connectivity index (χ4v) is 1.12. The molecule has 72 valence electrons. The molecule has 1 aromatic rings. The molecule has 2 atom stereocenters. The number of hydrogen-bond donors (Lipinski definition) is 2. The zero-order chi connectivity index (χ0) is 10.0. The van der Waals surface area contributed by atoms with Crippen molar-refractivity contribution in [2.45, 2.75) is 19.1 Å². The lowest BCUT2D eigenvalue weighted by atomic mass is 10.0. The SMILES string of the molecule is CC(N)C(O)c1ccc(Cl)c(F)c1. The van der Waals surface area contributed by atoms with E-state index in [0.717, 1.165) is 0 Å². The Morgan fingerprint density at radius 2 is 2.15 bits per heavy atom. The van der Waals surface area contributed by atoms with Gasteiger partial charge in [0, 0.05) is 6.04 Å². The average Bonchev–Trinajstić information content (AvgIpc) is 2.08. The van der Waals surface area contributed by atoms with E-state index in [-0.39, 0.29) is 5.02 Å². The fourth-order valence-electron chi connectivity index (χ4n) is 1.000. The molecule has 0 heterocycles. The summed E-state index contributed by atoms with van der Waals surface area (Å²) in [5.41, 5.74) is 5.89. The van der Waals surface area contributed by atoms with Crippen LogP contribution in [-0.2, 0) is 0 Å². The first-order valence-corrected chi connectivity index (χ1v) is 4.28. The Morgan fingerprint density at radius 3 is 2.62 bits per heavy atom. The van der Waals surface area contributed by atoms with Crippen LogP contribution in [0.4, 0.5) is 4.39 Å². The van der Waals surface area contributed by atoms with Crippen molar-refractivity contribution in [3.63, 3.8) is 0 Å². The molecule has 0 amide bonds. The molecule has 13 heavy (non-hydrogen) atoms. The lowest BCUT2D eigenvalue weighted by Gasteiger charge is -2.14. The number of halogens is 2. The lowest BCUT2D eigenvalue weighted by molar-refractivity contribution is 0.153. The zero-order valence-electron chi connectivity index (χ0n) is 7.17. The fraction of sp³-hybridized carbons (Fsp3) is 0.333. The molecule has 0 aliphatic rings. The van der Waals surface area contributed by atoms with Crippen LogP contribution in [0.15, 0.2) is 18.2 Å². The Kier molecular flexibility index (Phi) is 3.25. The van der Waals surface area contributed by atoms with Gasteiger partial charge in [-0.25, -0.2) is 4.39 Å². The number of aliphatic hydroxyl groups excluding tert-OH is 1. The maximum atomic E-state index is 12.9. The van der Waals surface area contributed by atoms with Crippen LogP contribution in [0.25, 0.3) is 0 Å². The van der Waals surface area contributed by atoms with Crippen molar-refractivity contribution >= 4 is 11.6 Å². The second kappa shape index (κ2) is 4.05. The average molecular weight is 204 g/mol. The van der Waals surface area contributed by atoms with Gasteiger partial charge in [-0.3, -0.25) is 0 Å². The van der Waals surface area contributed by atoms with E-state index in [4.69, 9.17) is 17.3 Å². The summed E-state index contributed by atoms with van der Waals surface area (Å²) in [6.45, 7) is 1.65. The minimum absolute atomic E-state index is 0.0422. The lowest BCUT2D eigenvalue weighted by Crippen LogP contribution is -2.24. The third kappa shape index (κ3) is 2.40. The molecule has 2 unspecified atom stereocenters. The molecule has 0 aromatic heterocycles. The first-order chi connectivity index (χ1) is 6.02. The summed E-state index contributed by atoms with van der Waals surface area (Å²) in [5, 5.41) is 9.52. The Hall–Kier alpha value is -0.640. The molecular weight excluding hydrogens is 193 g/mol. The number of benzene rings is 1. The van der Waals surface area contributed by atoms with E-state index in [9.17, 15) is 9.50 Å². The molecule has 0 aliphatic heterocycles. The largest absolute Gasteiger partial charge is 0.387 e. The highest BCUT2D eigenvalue weighted by atomic mass is 35.5. The predicted octanol–water partition coefficient (Wildman–Crippen LogP) is 1.86. The molecule has 0 saturated heterocycles. The summed E-state index contributed by atoms with van der Waals surface area (Å²) in [4.78, 5) is 0. The Balaban J connectivity index is 2.97. The summed E-state index contributed by atoms with van der Waals surface area (Å²) in [6.07, 6.45) is -0.855. The van der Waals surface area contributed by atoms with Crippen LogP contribution in [0.5, 0.6) is 0 Å². The quantitative estimate of drug-likeness (QED) is 0.771. The molecule has 0 saturated carbocycles. The number of hydrogen-bond acceptors (Lipinski definition) is 2. The summed E-state index contributed by atoms with van der Waals surface area (Å²) < 4.78 is 12.9. The molecule has 1 aromatic carbocycles. The highest BCUT2D eigenvalue weighted by molar-refractivity contribution is 6.30. The van der Waals surface area contributed by atoms with Crippen molar-refractivity contribution in [1.82, 2.24) is 0 Å². The predicted molar refractivity (Wildman–Crippen MR) is 50.0 cm³/mol. The zero-order valence-corrected chi connectivity index (χ0v) is 7.92. The molecule has 2 nitrogen and oxygen atoms in total. The van der Waals surface area contributed by atoms with Crippen LogP contribution in [0.1, 0.15) is 18.6 Å². The molecular formula is C9H11ClFNO. The van der Waals surface area contributed by atoms with Gasteiger partial charge in [0.15, 0.2) is 0 Å². The first kappa shape index (κ1) is 10.4. The molecule has 0 fully saturated rings. The first-order valence-electron chi connectivity index (χ1n) is 3.91. The van der Waals surface area contributed by atoms with Gasteiger partial charge in [-0.1, -0.05) is 17.7 Å². The van der Waals surface area contributed by atoms with Gasteiger partial charge in [-0.05, 0) is 24.6 Å². The number of aliphatic hydroxyl groups is 1. The third-order valence-electron chi connectivity index (χ3n) is 1.78. The highest BCUT2D eigenvalue weighted by Gasteiger charge is 2.13. The van der Waals surface area contributed by atoms with E-state index >= 15 is 0 Å². The molecule has 0 spiro atoms. The molecule has 4 heteroatoms. The Labute approximate surface area is 81.1 Å². The van der Waals surface area contributed by atoms with Crippen LogP contribution >= 0.6 is 11.6 Å². The summed E-state index contributed by atoms with van der Waals surface area (Å²) >= 11 is 5.48. The van der Waals surface area contributed by atoms with E-state index in [0.29, 0.717) is 5.56 Å². The summed E-state index contributed by atoms with van der Waals surface area (Å²) in [7, 11) is 0. The standard InChI is InChI=1S/C9H11ClFNO/c1-5(12)9(13)6-2-3-7(10)8(11)4-6/h2-5,9,13H,12H2,1H3. The van der Waals surface area contributed by atoms with Crippen molar-refractivity contribution in [3.8, 4) is 0 Å². The molecule has 3 N–H and O–H groups in total. The van der Waals surface area contributed by atoms with Crippen molar-refractivity contribution in [1.29, 1.82) is 0 Å². The van der Waals surface area contributed by atoms with E-state index in [1.165, 1.54) is 12.1 Å². The van der Waals surface area contributed by atoms with Crippen molar-refractivity contribution in [2.24, 2.45) is 5.73 Å². The molecule has 0 aliphatic carbocycles. The van der Waals surface area contributed by atoms with Gasteiger partial charge < -0.3 is 10.8 Å². The van der Waals surface area contributed by atoms with E-state index in [2.05, 4.69) is 0 Å². The minimum Gasteiger partial charge on any atom is -0.387 e. The second-order valence-electron chi connectivity index (χ2n) is 2.98. The van der Waals surface area contributed by atoms with Gasteiger partial charge in [-0.15, -0.1) is 0 Å². The third-order valence-corrected chi connectivity index (χ3v) is 2.09. The molecule has 0 bridgehead atoms. The topological polar surface area (TPSA) is 46.2 Å². The normalized spacial score (nSPS) is 15.5. The Bertz CT molecular complexity index is 304. The van der Waals surface area contributed by atoms with Gasteiger partial charge in [-0.2, -0.15) is 0 Å².